The normalized spacial score (nSPS) is 20.1. The molecule has 1 rings (SSSR count). The predicted molar refractivity (Wildman–Crippen MR) is 85.5 cm³/mol. The van der Waals surface area contributed by atoms with Crippen LogP contribution in [0.3, 0.4) is 0 Å². The van der Waals surface area contributed by atoms with E-state index < -0.39 is 0 Å². The predicted octanol–water partition coefficient (Wildman–Crippen LogP) is 3.62. The van der Waals surface area contributed by atoms with Crippen molar-refractivity contribution in [2.24, 2.45) is 17.6 Å². The Morgan fingerprint density at radius 3 is 2.40 bits per heavy atom. The van der Waals surface area contributed by atoms with E-state index in [4.69, 9.17) is 5.73 Å². The Hall–Kier alpha value is -0.570. The topological polar surface area (TPSA) is 55.1 Å². The molecule has 2 atom stereocenters. The first-order valence-corrected chi connectivity index (χ1v) is 8.66. The number of amides is 1. The van der Waals surface area contributed by atoms with E-state index in [1.54, 1.807) is 0 Å². The zero-order chi connectivity index (χ0) is 14.8. The van der Waals surface area contributed by atoms with Gasteiger partial charge in [0.2, 0.25) is 5.91 Å². The van der Waals surface area contributed by atoms with Crippen molar-refractivity contribution in [3.63, 3.8) is 0 Å². The standard InChI is InChI=1S/C17H34N2O/c1-3-15(12-13-18)10-11-17(20)19-14(2)16-8-6-4-5-7-9-16/h14-16H,3-13,18H2,1-2H3,(H,19,20)/t14-,15?/m1/s1. The molecule has 1 aliphatic carbocycles. The van der Waals surface area contributed by atoms with Gasteiger partial charge in [-0.3, -0.25) is 4.79 Å². The smallest absolute Gasteiger partial charge is 0.220 e. The SMILES string of the molecule is CCC(CCN)CCC(=O)N[C@H](C)C1CCCCCC1. The molecule has 3 nitrogen and oxygen atoms in total. The summed E-state index contributed by atoms with van der Waals surface area (Å²) >= 11 is 0. The molecule has 1 fully saturated rings. The lowest BCUT2D eigenvalue weighted by atomic mass is 9.92. The zero-order valence-electron chi connectivity index (χ0n) is 13.5. The summed E-state index contributed by atoms with van der Waals surface area (Å²) < 4.78 is 0. The van der Waals surface area contributed by atoms with Gasteiger partial charge in [-0.15, -0.1) is 0 Å². The summed E-state index contributed by atoms with van der Waals surface area (Å²) in [5.74, 6) is 1.53. The molecule has 0 aliphatic heterocycles. The molecule has 20 heavy (non-hydrogen) atoms. The van der Waals surface area contributed by atoms with Gasteiger partial charge in [0, 0.05) is 12.5 Å². The van der Waals surface area contributed by atoms with Crippen LogP contribution in [0, 0.1) is 11.8 Å². The average molecular weight is 282 g/mol. The summed E-state index contributed by atoms with van der Waals surface area (Å²) in [4.78, 5) is 12.1. The lowest BCUT2D eigenvalue weighted by molar-refractivity contribution is -0.122. The van der Waals surface area contributed by atoms with Crippen molar-refractivity contribution in [1.29, 1.82) is 0 Å². The molecular formula is C17H34N2O. The van der Waals surface area contributed by atoms with Gasteiger partial charge in [-0.1, -0.05) is 39.0 Å². The molecule has 1 unspecified atom stereocenters. The van der Waals surface area contributed by atoms with Crippen molar-refractivity contribution < 1.29 is 4.79 Å². The second-order valence-electron chi connectivity index (χ2n) is 6.50. The van der Waals surface area contributed by atoms with Crippen molar-refractivity contribution >= 4 is 5.91 Å². The van der Waals surface area contributed by atoms with Gasteiger partial charge >= 0.3 is 0 Å². The van der Waals surface area contributed by atoms with Crippen molar-refractivity contribution in [3.8, 4) is 0 Å². The fraction of sp³-hybridized carbons (Fsp3) is 0.941. The molecule has 3 N–H and O–H groups in total. The molecule has 118 valence electrons. The molecule has 0 aromatic carbocycles. The Morgan fingerprint density at radius 1 is 1.20 bits per heavy atom. The minimum Gasteiger partial charge on any atom is -0.353 e. The molecule has 0 saturated heterocycles. The molecule has 0 bridgehead atoms. The van der Waals surface area contributed by atoms with Crippen LogP contribution >= 0.6 is 0 Å². The highest BCUT2D eigenvalue weighted by atomic mass is 16.1. The van der Waals surface area contributed by atoms with Gasteiger partial charge < -0.3 is 11.1 Å². The van der Waals surface area contributed by atoms with E-state index in [9.17, 15) is 4.79 Å². The average Bonchev–Trinajstić information content (AvgIpc) is 2.72. The summed E-state index contributed by atoms with van der Waals surface area (Å²) in [5, 5.41) is 3.23. The van der Waals surface area contributed by atoms with Gasteiger partial charge in [0.05, 0.1) is 0 Å². The van der Waals surface area contributed by atoms with Crippen LogP contribution in [0.5, 0.6) is 0 Å². The minimum absolute atomic E-state index is 0.234. The van der Waals surface area contributed by atoms with Crippen molar-refractivity contribution in [1.82, 2.24) is 5.32 Å². The molecule has 0 heterocycles. The first-order chi connectivity index (χ1) is 9.67. The van der Waals surface area contributed by atoms with Crippen LogP contribution in [0.2, 0.25) is 0 Å². The van der Waals surface area contributed by atoms with Crippen LogP contribution in [-0.2, 0) is 4.79 Å². The summed E-state index contributed by atoms with van der Waals surface area (Å²) in [6, 6.07) is 0.343. The second kappa shape index (κ2) is 10.2. The maximum absolute atomic E-state index is 12.1. The van der Waals surface area contributed by atoms with E-state index in [0.717, 1.165) is 25.8 Å². The van der Waals surface area contributed by atoms with Gasteiger partial charge in [0.15, 0.2) is 0 Å². The third-order valence-electron chi connectivity index (χ3n) is 4.93. The van der Waals surface area contributed by atoms with Gasteiger partial charge in [-0.2, -0.15) is 0 Å². The molecule has 0 radical (unpaired) electrons. The maximum atomic E-state index is 12.1. The van der Waals surface area contributed by atoms with Crippen LogP contribution in [-0.4, -0.2) is 18.5 Å². The number of hydrogen-bond donors (Lipinski definition) is 2. The summed E-state index contributed by atoms with van der Waals surface area (Å²) in [5.41, 5.74) is 5.60. The highest BCUT2D eigenvalue weighted by Gasteiger charge is 2.20. The summed E-state index contributed by atoms with van der Waals surface area (Å²) in [6.45, 7) is 5.11. The Morgan fingerprint density at radius 2 is 1.85 bits per heavy atom. The number of hydrogen-bond acceptors (Lipinski definition) is 2. The quantitative estimate of drug-likeness (QED) is 0.668. The third-order valence-corrected chi connectivity index (χ3v) is 4.93. The number of rotatable bonds is 8. The van der Waals surface area contributed by atoms with Gasteiger partial charge in [0.1, 0.15) is 0 Å². The van der Waals surface area contributed by atoms with Crippen LogP contribution < -0.4 is 11.1 Å². The molecule has 0 aromatic rings. The Balaban J connectivity index is 2.26. The second-order valence-corrected chi connectivity index (χ2v) is 6.50. The lowest BCUT2D eigenvalue weighted by Crippen LogP contribution is -2.38. The highest BCUT2D eigenvalue weighted by molar-refractivity contribution is 5.76. The zero-order valence-corrected chi connectivity index (χ0v) is 13.5. The molecule has 0 aromatic heterocycles. The van der Waals surface area contributed by atoms with E-state index in [-0.39, 0.29) is 5.91 Å². The first kappa shape index (κ1) is 17.5. The molecule has 3 heteroatoms. The number of nitrogens with one attached hydrogen (secondary N) is 1. The fourth-order valence-corrected chi connectivity index (χ4v) is 3.38. The molecular weight excluding hydrogens is 248 g/mol. The van der Waals surface area contributed by atoms with E-state index in [1.165, 1.54) is 38.5 Å². The Labute approximate surface area is 125 Å². The van der Waals surface area contributed by atoms with E-state index in [1.807, 2.05) is 0 Å². The maximum Gasteiger partial charge on any atom is 0.220 e. The first-order valence-electron chi connectivity index (χ1n) is 8.66. The fourth-order valence-electron chi connectivity index (χ4n) is 3.38. The Bertz CT molecular complexity index is 260. The minimum atomic E-state index is 0.234. The monoisotopic (exact) mass is 282 g/mol. The van der Waals surface area contributed by atoms with E-state index in [2.05, 4.69) is 19.2 Å². The number of carbonyl (C=O) groups excluding carboxylic acids is 1. The molecule has 1 aliphatic rings. The van der Waals surface area contributed by atoms with Crippen molar-refractivity contribution in [2.45, 2.75) is 84.1 Å². The van der Waals surface area contributed by atoms with E-state index >= 15 is 0 Å². The molecule has 1 saturated carbocycles. The van der Waals surface area contributed by atoms with Crippen molar-refractivity contribution in [2.75, 3.05) is 6.54 Å². The highest BCUT2D eigenvalue weighted by Crippen LogP contribution is 2.25. The van der Waals surface area contributed by atoms with Crippen LogP contribution in [0.25, 0.3) is 0 Å². The molecule has 1 amide bonds. The largest absolute Gasteiger partial charge is 0.353 e. The van der Waals surface area contributed by atoms with Gasteiger partial charge in [-0.05, 0) is 51.0 Å². The summed E-state index contributed by atoms with van der Waals surface area (Å²) in [7, 11) is 0. The van der Waals surface area contributed by atoms with Crippen LogP contribution in [0.4, 0.5) is 0 Å². The number of carbonyl (C=O) groups is 1. The van der Waals surface area contributed by atoms with Gasteiger partial charge in [-0.25, -0.2) is 0 Å². The van der Waals surface area contributed by atoms with Crippen molar-refractivity contribution in [3.05, 3.63) is 0 Å². The lowest BCUT2D eigenvalue weighted by Gasteiger charge is -2.24. The summed E-state index contributed by atoms with van der Waals surface area (Å²) in [6.07, 6.45) is 11.8. The van der Waals surface area contributed by atoms with E-state index in [0.29, 0.717) is 24.3 Å². The third kappa shape index (κ3) is 6.74. The molecule has 0 spiro atoms. The van der Waals surface area contributed by atoms with Crippen LogP contribution in [0.1, 0.15) is 78.1 Å². The Kier molecular flexibility index (Phi) is 8.92. The number of nitrogens with two attached hydrogens (primary N) is 1. The van der Waals surface area contributed by atoms with Gasteiger partial charge in [0.25, 0.3) is 0 Å². The van der Waals surface area contributed by atoms with Crippen LogP contribution in [0.15, 0.2) is 0 Å².